The Morgan fingerprint density at radius 3 is 2.70 bits per heavy atom. The molecule has 1 aromatic carbocycles. The Balaban J connectivity index is 1.66. The molecule has 4 aromatic rings. The van der Waals surface area contributed by atoms with Gasteiger partial charge < -0.3 is 0 Å². The zero-order chi connectivity index (χ0) is 19.0. The summed E-state index contributed by atoms with van der Waals surface area (Å²) in [6.45, 7) is 0. The number of nitro groups is 1. The van der Waals surface area contributed by atoms with Crippen LogP contribution in [0.2, 0.25) is 0 Å². The van der Waals surface area contributed by atoms with Gasteiger partial charge >= 0.3 is 5.69 Å². The summed E-state index contributed by atoms with van der Waals surface area (Å²) in [5.74, 6) is -0.985. The molecule has 10 nitrogen and oxygen atoms in total. The Morgan fingerprint density at radius 2 is 2.00 bits per heavy atom. The minimum absolute atomic E-state index is 0.0372. The van der Waals surface area contributed by atoms with Crippen LogP contribution >= 0.6 is 0 Å². The first kappa shape index (κ1) is 16.3. The first-order chi connectivity index (χ1) is 13.0. The van der Waals surface area contributed by atoms with E-state index in [9.17, 15) is 19.3 Å². The molecule has 0 aliphatic carbocycles. The number of hydrogen-bond donors (Lipinski definition) is 1. The first-order valence-corrected chi connectivity index (χ1v) is 7.62. The molecule has 1 N–H and O–H groups in total. The summed E-state index contributed by atoms with van der Waals surface area (Å²) in [5, 5.41) is 18.6. The SMILES string of the molecule is O=C(Nn1cc([N+](=O)[O-])cn1)c1cc2nccc(-c3ccc(F)cc3)n2n1. The Morgan fingerprint density at radius 1 is 1.22 bits per heavy atom. The second-order valence-corrected chi connectivity index (χ2v) is 5.48. The molecule has 27 heavy (non-hydrogen) atoms. The molecule has 0 saturated carbocycles. The van der Waals surface area contributed by atoms with Crippen LogP contribution in [0.4, 0.5) is 10.1 Å². The van der Waals surface area contributed by atoms with Gasteiger partial charge in [-0.25, -0.2) is 19.3 Å². The van der Waals surface area contributed by atoms with Crippen molar-refractivity contribution in [1.29, 1.82) is 0 Å². The molecule has 4 rings (SSSR count). The third kappa shape index (κ3) is 3.08. The summed E-state index contributed by atoms with van der Waals surface area (Å²) in [6, 6.07) is 8.97. The van der Waals surface area contributed by atoms with Crippen LogP contribution in [0.5, 0.6) is 0 Å². The van der Waals surface area contributed by atoms with Crippen LogP contribution in [0.1, 0.15) is 10.5 Å². The number of rotatable bonds is 4. The zero-order valence-corrected chi connectivity index (χ0v) is 13.5. The minimum atomic E-state index is -0.626. The molecule has 0 unspecified atom stereocenters. The van der Waals surface area contributed by atoms with Crippen molar-refractivity contribution >= 4 is 17.2 Å². The maximum atomic E-state index is 13.1. The summed E-state index contributed by atoms with van der Waals surface area (Å²) in [6.07, 6.45) is 3.63. The predicted molar refractivity (Wildman–Crippen MR) is 91.0 cm³/mol. The lowest BCUT2D eigenvalue weighted by molar-refractivity contribution is -0.384. The van der Waals surface area contributed by atoms with Crippen LogP contribution in [0.3, 0.4) is 0 Å². The third-order valence-corrected chi connectivity index (χ3v) is 3.73. The van der Waals surface area contributed by atoms with E-state index in [-0.39, 0.29) is 17.2 Å². The number of nitrogens with one attached hydrogen (secondary N) is 1. The van der Waals surface area contributed by atoms with Gasteiger partial charge in [0.25, 0.3) is 5.91 Å². The molecule has 0 atom stereocenters. The number of nitrogens with zero attached hydrogens (tertiary/aromatic N) is 6. The van der Waals surface area contributed by atoms with Gasteiger partial charge in [-0.2, -0.15) is 15.0 Å². The van der Waals surface area contributed by atoms with Crippen molar-refractivity contribution in [3.63, 3.8) is 0 Å². The lowest BCUT2D eigenvalue weighted by atomic mass is 10.1. The number of aromatic nitrogens is 5. The number of carbonyl (C=O) groups is 1. The van der Waals surface area contributed by atoms with Gasteiger partial charge in [0, 0.05) is 17.8 Å². The molecule has 1 amide bonds. The summed E-state index contributed by atoms with van der Waals surface area (Å²) in [5.41, 5.74) is 3.87. The predicted octanol–water partition coefficient (Wildman–Crippen LogP) is 2.02. The molecule has 0 spiro atoms. The van der Waals surface area contributed by atoms with E-state index in [1.54, 1.807) is 24.4 Å². The maximum absolute atomic E-state index is 13.1. The number of benzene rings is 1. The molecule has 0 fully saturated rings. The van der Waals surface area contributed by atoms with Gasteiger partial charge in [0.2, 0.25) is 0 Å². The van der Waals surface area contributed by atoms with Gasteiger partial charge in [0.05, 0.1) is 10.6 Å². The highest BCUT2D eigenvalue weighted by atomic mass is 19.1. The molecule has 0 radical (unpaired) electrons. The normalized spacial score (nSPS) is 10.9. The molecular formula is C16H10FN7O3. The molecule has 3 heterocycles. The van der Waals surface area contributed by atoms with E-state index in [0.29, 0.717) is 16.9 Å². The van der Waals surface area contributed by atoms with Gasteiger partial charge in [0.1, 0.15) is 18.2 Å². The lowest BCUT2D eigenvalue weighted by Gasteiger charge is -2.04. The maximum Gasteiger partial charge on any atom is 0.309 e. The Kier molecular flexibility index (Phi) is 3.81. The number of halogens is 1. The summed E-state index contributed by atoms with van der Waals surface area (Å²) in [4.78, 5) is 27.5. The quantitative estimate of drug-likeness (QED) is 0.435. The van der Waals surface area contributed by atoms with E-state index >= 15 is 0 Å². The van der Waals surface area contributed by atoms with E-state index in [1.165, 1.54) is 22.7 Å². The van der Waals surface area contributed by atoms with Gasteiger partial charge in [-0.15, -0.1) is 0 Å². The topological polar surface area (TPSA) is 120 Å². The van der Waals surface area contributed by atoms with Crippen molar-refractivity contribution in [3.05, 3.63) is 76.6 Å². The fourth-order valence-corrected chi connectivity index (χ4v) is 2.48. The van der Waals surface area contributed by atoms with E-state index in [0.717, 1.165) is 17.2 Å². The number of hydrogen-bond acceptors (Lipinski definition) is 6. The molecular weight excluding hydrogens is 357 g/mol. The smallest absolute Gasteiger partial charge is 0.265 e. The lowest BCUT2D eigenvalue weighted by Crippen LogP contribution is -2.23. The van der Waals surface area contributed by atoms with Crippen LogP contribution < -0.4 is 5.43 Å². The van der Waals surface area contributed by atoms with Gasteiger partial charge in [-0.1, -0.05) is 0 Å². The summed E-state index contributed by atoms with van der Waals surface area (Å²) < 4.78 is 14.6. The van der Waals surface area contributed by atoms with Gasteiger partial charge in [-0.3, -0.25) is 14.9 Å². The van der Waals surface area contributed by atoms with Crippen molar-refractivity contribution < 1.29 is 14.1 Å². The molecule has 3 aromatic heterocycles. The Bertz CT molecular complexity index is 1170. The molecule has 134 valence electrons. The largest absolute Gasteiger partial charge is 0.309 e. The van der Waals surface area contributed by atoms with Gasteiger partial charge in [-0.05, 0) is 30.3 Å². The highest BCUT2D eigenvalue weighted by molar-refractivity contribution is 5.99. The van der Waals surface area contributed by atoms with Crippen LogP contribution in [-0.2, 0) is 0 Å². The van der Waals surface area contributed by atoms with Crippen molar-refractivity contribution in [2.75, 3.05) is 5.43 Å². The summed E-state index contributed by atoms with van der Waals surface area (Å²) in [7, 11) is 0. The fourth-order valence-electron chi connectivity index (χ4n) is 2.48. The van der Waals surface area contributed by atoms with Crippen molar-refractivity contribution in [2.24, 2.45) is 0 Å². The second-order valence-electron chi connectivity index (χ2n) is 5.48. The highest BCUT2D eigenvalue weighted by Crippen LogP contribution is 2.20. The second kappa shape index (κ2) is 6.29. The highest BCUT2D eigenvalue weighted by Gasteiger charge is 2.16. The van der Waals surface area contributed by atoms with Crippen LogP contribution in [-0.4, -0.2) is 35.3 Å². The standard InChI is InChI=1S/C16H10FN7O3/c17-11-3-1-10(2-4-11)14-5-6-18-15-7-13(20-23(14)15)16(25)21-22-9-12(8-19-22)24(26)27/h1-9H,(H,21,25). The van der Waals surface area contributed by atoms with E-state index in [4.69, 9.17) is 0 Å². The van der Waals surface area contributed by atoms with E-state index in [2.05, 4.69) is 20.6 Å². The third-order valence-electron chi connectivity index (χ3n) is 3.73. The van der Waals surface area contributed by atoms with E-state index < -0.39 is 10.8 Å². The van der Waals surface area contributed by atoms with Crippen LogP contribution in [0.25, 0.3) is 16.9 Å². The first-order valence-electron chi connectivity index (χ1n) is 7.62. The molecule has 0 bridgehead atoms. The Labute approximate surface area is 150 Å². The fraction of sp³-hybridized carbons (Fsp3) is 0. The molecule has 0 saturated heterocycles. The number of carbonyl (C=O) groups excluding carboxylic acids is 1. The number of amides is 1. The monoisotopic (exact) mass is 367 g/mol. The van der Waals surface area contributed by atoms with E-state index in [1.807, 2.05) is 0 Å². The van der Waals surface area contributed by atoms with Crippen molar-refractivity contribution in [2.45, 2.75) is 0 Å². The van der Waals surface area contributed by atoms with Crippen LogP contribution in [0.15, 0.2) is 55.0 Å². The zero-order valence-electron chi connectivity index (χ0n) is 13.5. The molecule has 0 aliphatic rings. The summed E-state index contributed by atoms with van der Waals surface area (Å²) >= 11 is 0. The number of fused-ring (bicyclic) bond motifs is 1. The van der Waals surface area contributed by atoms with Crippen molar-refractivity contribution in [1.82, 2.24) is 24.5 Å². The van der Waals surface area contributed by atoms with Crippen LogP contribution in [0, 0.1) is 15.9 Å². The molecule has 11 heteroatoms. The Hall–Kier alpha value is -4.15. The average molecular weight is 367 g/mol. The minimum Gasteiger partial charge on any atom is -0.265 e. The van der Waals surface area contributed by atoms with Crippen molar-refractivity contribution in [3.8, 4) is 11.3 Å². The average Bonchev–Trinajstić information content (AvgIpc) is 3.29. The van der Waals surface area contributed by atoms with Gasteiger partial charge in [0.15, 0.2) is 11.3 Å². The molecule has 0 aliphatic heterocycles.